The Labute approximate surface area is 176 Å². The molecular weight excluding hydrogens is 376 g/mol. The number of hydrogen-bond donors (Lipinski definition) is 1. The van der Waals surface area contributed by atoms with Gasteiger partial charge >= 0.3 is 0 Å². The van der Waals surface area contributed by atoms with E-state index in [0.29, 0.717) is 17.6 Å². The number of aryl methyl sites for hydroxylation is 1. The van der Waals surface area contributed by atoms with Gasteiger partial charge in [-0.25, -0.2) is 0 Å². The van der Waals surface area contributed by atoms with Crippen LogP contribution in [0.15, 0.2) is 29.3 Å². The zero-order valence-corrected chi connectivity index (χ0v) is 19.9. The third-order valence-electron chi connectivity index (χ3n) is 8.49. The quantitative estimate of drug-likeness (QED) is 0.570. The molecular formula is C25H36O3Si. The highest BCUT2D eigenvalue weighted by Crippen LogP contribution is 2.58. The lowest BCUT2D eigenvalue weighted by Gasteiger charge is -2.47. The second kappa shape index (κ2) is 6.81. The van der Waals surface area contributed by atoms with E-state index in [1.54, 1.807) is 12.1 Å². The van der Waals surface area contributed by atoms with Crippen LogP contribution in [0, 0.1) is 11.3 Å². The molecule has 29 heavy (non-hydrogen) atoms. The third kappa shape index (κ3) is 3.33. The topological polar surface area (TPSA) is 46.5 Å². The monoisotopic (exact) mass is 412 g/mol. The van der Waals surface area contributed by atoms with Gasteiger partial charge in [0.1, 0.15) is 5.75 Å². The summed E-state index contributed by atoms with van der Waals surface area (Å²) in [4.78, 5) is 13.4. The first-order valence-electron chi connectivity index (χ1n) is 11.2. The van der Waals surface area contributed by atoms with Crippen LogP contribution in [-0.2, 0) is 10.8 Å². The highest BCUT2D eigenvalue weighted by atomic mass is 28.4. The summed E-state index contributed by atoms with van der Waals surface area (Å²) in [6.45, 7) is 14.1. The maximum Gasteiger partial charge on any atom is 0.192 e. The summed E-state index contributed by atoms with van der Waals surface area (Å²) in [5, 5.41) is 10.1. The molecule has 4 heteroatoms. The molecule has 4 rings (SSSR count). The Morgan fingerprint density at radius 2 is 1.86 bits per heavy atom. The van der Waals surface area contributed by atoms with Crippen molar-refractivity contribution in [3.05, 3.63) is 40.5 Å². The van der Waals surface area contributed by atoms with Crippen LogP contribution in [0.2, 0.25) is 18.1 Å². The van der Waals surface area contributed by atoms with Gasteiger partial charge in [-0.15, -0.1) is 0 Å². The van der Waals surface area contributed by atoms with Gasteiger partial charge in [-0.05, 0) is 91.3 Å². The van der Waals surface area contributed by atoms with Crippen molar-refractivity contribution < 1.29 is 14.3 Å². The summed E-state index contributed by atoms with van der Waals surface area (Å²) in [6, 6.07) is 5.30. The van der Waals surface area contributed by atoms with E-state index in [4.69, 9.17) is 4.43 Å². The number of benzene rings is 1. The molecule has 0 aromatic heterocycles. The van der Waals surface area contributed by atoms with E-state index in [0.717, 1.165) is 49.7 Å². The van der Waals surface area contributed by atoms with Gasteiger partial charge in [0.25, 0.3) is 0 Å². The van der Waals surface area contributed by atoms with Crippen LogP contribution in [0.25, 0.3) is 0 Å². The summed E-state index contributed by atoms with van der Waals surface area (Å²) in [7, 11) is -1.83. The molecule has 1 fully saturated rings. The largest absolute Gasteiger partial charge is 0.508 e. The van der Waals surface area contributed by atoms with Crippen molar-refractivity contribution in [1.82, 2.24) is 0 Å². The standard InChI is InChI=1S/C25H36O3Si/c1-24(2,3)29(5,6)28-22-12-11-21-18-10-8-16-7-9-17(26)15-20(16)23(27)19(18)13-14-25(21,22)4/h7,9,15,21-22,26H,8,10-14H2,1-6H3/t21-,22-,25-/m0/s1. The van der Waals surface area contributed by atoms with Gasteiger partial charge in [-0.3, -0.25) is 4.79 Å². The number of hydrogen-bond acceptors (Lipinski definition) is 3. The number of phenolic OH excluding ortho intramolecular Hbond substituents is 1. The molecule has 0 spiro atoms. The molecule has 3 aliphatic rings. The average molecular weight is 413 g/mol. The number of carbonyl (C=O) groups excluding carboxylic acids is 1. The molecule has 1 N–H and O–H groups in total. The van der Waals surface area contributed by atoms with Crippen molar-refractivity contribution >= 4 is 14.1 Å². The molecule has 0 saturated heterocycles. The number of ketones is 1. The number of carbonyl (C=O) groups is 1. The van der Waals surface area contributed by atoms with Crippen LogP contribution in [0.5, 0.6) is 5.75 Å². The Hall–Kier alpha value is -1.39. The SMILES string of the molecule is CC(C)(C)[Si](C)(C)O[C@H]1CC[C@H]2C3=C(CC[C@]12C)C(=O)c1cc(O)ccc1CC3. The highest BCUT2D eigenvalue weighted by Gasteiger charge is 2.54. The fraction of sp³-hybridized carbons (Fsp3) is 0.640. The Balaban J connectivity index is 1.65. The Bertz CT molecular complexity index is 877. The Morgan fingerprint density at radius 3 is 2.55 bits per heavy atom. The fourth-order valence-electron chi connectivity index (χ4n) is 5.61. The molecule has 3 atom stereocenters. The highest BCUT2D eigenvalue weighted by molar-refractivity contribution is 6.74. The predicted octanol–water partition coefficient (Wildman–Crippen LogP) is 6.42. The maximum absolute atomic E-state index is 13.4. The third-order valence-corrected chi connectivity index (χ3v) is 13.0. The van der Waals surface area contributed by atoms with Crippen molar-refractivity contribution in [1.29, 1.82) is 0 Å². The lowest BCUT2D eigenvalue weighted by molar-refractivity contribution is 0.0436. The predicted molar refractivity (Wildman–Crippen MR) is 120 cm³/mol. The first-order valence-corrected chi connectivity index (χ1v) is 14.1. The van der Waals surface area contributed by atoms with Gasteiger partial charge in [0.05, 0.1) is 6.10 Å². The minimum absolute atomic E-state index is 0.132. The molecule has 0 aliphatic heterocycles. The molecule has 0 amide bonds. The zero-order chi connectivity index (χ0) is 21.2. The Morgan fingerprint density at radius 1 is 1.14 bits per heavy atom. The minimum atomic E-state index is -1.83. The van der Waals surface area contributed by atoms with Crippen LogP contribution in [-0.4, -0.2) is 25.3 Å². The van der Waals surface area contributed by atoms with Crippen LogP contribution >= 0.6 is 0 Å². The molecule has 3 aliphatic carbocycles. The van der Waals surface area contributed by atoms with Crippen LogP contribution < -0.4 is 0 Å². The second-order valence-corrected chi connectivity index (χ2v) is 15.9. The molecule has 1 aromatic carbocycles. The van der Waals surface area contributed by atoms with E-state index >= 15 is 0 Å². The number of Topliss-reactive ketones (excluding diaryl/α,β-unsaturated/α-hetero) is 1. The first-order chi connectivity index (χ1) is 13.4. The van der Waals surface area contributed by atoms with Gasteiger partial charge in [0.2, 0.25) is 0 Å². The van der Waals surface area contributed by atoms with Crippen molar-refractivity contribution in [3.8, 4) is 5.75 Å². The van der Waals surface area contributed by atoms with Gasteiger partial charge in [-0.1, -0.05) is 39.3 Å². The molecule has 0 radical (unpaired) electrons. The first kappa shape index (κ1) is 20.9. The van der Waals surface area contributed by atoms with E-state index in [-0.39, 0.29) is 22.0 Å². The van der Waals surface area contributed by atoms with Crippen LogP contribution in [0.4, 0.5) is 0 Å². The number of fused-ring (bicyclic) bond motifs is 3. The minimum Gasteiger partial charge on any atom is -0.508 e. The normalized spacial score (nSPS) is 29.9. The van der Waals surface area contributed by atoms with Crippen molar-refractivity contribution in [2.24, 2.45) is 11.3 Å². The lowest BCUT2D eigenvalue weighted by Crippen LogP contribution is -2.48. The average Bonchev–Trinajstić information content (AvgIpc) is 2.87. The zero-order valence-electron chi connectivity index (χ0n) is 18.9. The molecule has 0 heterocycles. The summed E-state index contributed by atoms with van der Waals surface area (Å²) in [6.07, 6.45) is 6.25. The number of allylic oxidation sites excluding steroid dienone is 2. The van der Waals surface area contributed by atoms with Crippen LogP contribution in [0.1, 0.15) is 75.7 Å². The van der Waals surface area contributed by atoms with E-state index in [1.807, 2.05) is 6.07 Å². The smallest absolute Gasteiger partial charge is 0.192 e. The van der Waals surface area contributed by atoms with E-state index in [1.165, 1.54) is 5.57 Å². The lowest BCUT2D eigenvalue weighted by atomic mass is 9.65. The summed E-state index contributed by atoms with van der Waals surface area (Å²) < 4.78 is 6.95. The fourth-order valence-corrected chi connectivity index (χ4v) is 7.06. The van der Waals surface area contributed by atoms with Gasteiger partial charge in [-0.2, -0.15) is 0 Å². The summed E-state index contributed by atoms with van der Waals surface area (Å²) in [5.41, 5.74) is 4.35. The van der Waals surface area contributed by atoms with Gasteiger partial charge in [0, 0.05) is 5.56 Å². The molecule has 0 bridgehead atoms. The Kier molecular flexibility index (Phi) is 4.90. The molecule has 0 unspecified atom stereocenters. The molecule has 1 saturated carbocycles. The molecule has 158 valence electrons. The summed E-state index contributed by atoms with van der Waals surface area (Å²) in [5.74, 6) is 0.789. The van der Waals surface area contributed by atoms with Crippen molar-refractivity contribution in [2.75, 3.05) is 0 Å². The second-order valence-electron chi connectivity index (χ2n) is 11.2. The molecule has 1 aromatic rings. The van der Waals surface area contributed by atoms with Crippen molar-refractivity contribution in [2.45, 2.75) is 90.5 Å². The number of rotatable bonds is 2. The van der Waals surface area contributed by atoms with E-state index in [9.17, 15) is 9.90 Å². The molecule has 3 nitrogen and oxygen atoms in total. The van der Waals surface area contributed by atoms with Crippen LogP contribution in [0.3, 0.4) is 0 Å². The van der Waals surface area contributed by atoms with E-state index in [2.05, 4.69) is 40.8 Å². The number of aromatic hydroxyl groups is 1. The summed E-state index contributed by atoms with van der Waals surface area (Å²) >= 11 is 0. The van der Waals surface area contributed by atoms with E-state index < -0.39 is 8.32 Å². The number of phenols is 1. The van der Waals surface area contributed by atoms with Gasteiger partial charge in [0.15, 0.2) is 14.1 Å². The maximum atomic E-state index is 13.4. The van der Waals surface area contributed by atoms with Gasteiger partial charge < -0.3 is 9.53 Å². The van der Waals surface area contributed by atoms with Crippen molar-refractivity contribution in [3.63, 3.8) is 0 Å².